The standard InChI is InChI=1S/C25H25ClN2O5S/c1-4-33-23-13-11-20(14-17(23)2)34(31,32)28(3)16-24(29)27-22-12-10-19(26)15-21(22)25(30)18-8-6-5-7-9-18/h5-15H,4,16H2,1-3H3,(H,27,29). The number of nitrogens with one attached hydrogen (secondary N) is 1. The van der Waals surface area contributed by atoms with E-state index in [1.807, 2.05) is 6.92 Å². The van der Waals surface area contributed by atoms with Gasteiger partial charge in [0.05, 0.1) is 23.7 Å². The highest BCUT2D eigenvalue weighted by molar-refractivity contribution is 7.89. The van der Waals surface area contributed by atoms with Gasteiger partial charge in [-0.1, -0.05) is 41.9 Å². The Labute approximate surface area is 204 Å². The fourth-order valence-corrected chi connectivity index (χ4v) is 4.70. The van der Waals surface area contributed by atoms with Crippen molar-refractivity contribution in [3.05, 3.63) is 88.4 Å². The van der Waals surface area contributed by atoms with Gasteiger partial charge in [0.15, 0.2) is 5.78 Å². The van der Waals surface area contributed by atoms with E-state index in [1.165, 1.54) is 31.3 Å². The van der Waals surface area contributed by atoms with Gasteiger partial charge < -0.3 is 10.1 Å². The van der Waals surface area contributed by atoms with Crippen LogP contribution in [0.4, 0.5) is 5.69 Å². The molecule has 3 rings (SSSR count). The maximum absolute atomic E-state index is 13.0. The van der Waals surface area contributed by atoms with Gasteiger partial charge in [0.2, 0.25) is 15.9 Å². The molecular formula is C25H25ClN2O5S. The summed E-state index contributed by atoms with van der Waals surface area (Å²) in [5.41, 5.74) is 1.56. The summed E-state index contributed by atoms with van der Waals surface area (Å²) in [7, 11) is -2.61. The Balaban J connectivity index is 1.78. The van der Waals surface area contributed by atoms with Crippen LogP contribution in [-0.4, -0.2) is 44.6 Å². The van der Waals surface area contributed by atoms with E-state index in [9.17, 15) is 18.0 Å². The summed E-state index contributed by atoms with van der Waals surface area (Å²) >= 11 is 6.08. The van der Waals surface area contributed by atoms with Gasteiger partial charge in [0.1, 0.15) is 5.75 Å². The number of rotatable bonds is 9. The van der Waals surface area contributed by atoms with Crippen LogP contribution in [0.15, 0.2) is 71.6 Å². The smallest absolute Gasteiger partial charge is 0.243 e. The van der Waals surface area contributed by atoms with Crippen LogP contribution in [0.5, 0.6) is 5.75 Å². The number of nitrogens with zero attached hydrogens (tertiary/aromatic N) is 1. The summed E-state index contributed by atoms with van der Waals surface area (Å²) < 4.78 is 32.4. The third-order valence-electron chi connectivity index (χ3n) is 5.06. The number of ether oxygens (including phenoxy) is 1. The number of carbonyl (C=O) groups is 2. The molecule has 0 bridgehead atoms. The zero-order valence-corrected chi connectivity index (χ0v) is 20.6. The fourth-order valence-electron chi connectivity index (χ4n) is 3.32. The Morgan fingerprint density at radius 1 is 1.03 bits per heavy atom. The van der Waals surface area contributed by atoms with Crippen molar-refractivity contribution in [2.24, 2.45) is 0 Å². The van der Waals surface area contributed by atoms with Crippen molar-refractivity contribution in [3.8, 4) is 5.75 Å². The van der Waals surface area contributed by atoms with Crippen molar-refractivity contribution in [3.63, 3.8) is 0 Å². The Morgan fingerprint density at radius 2 is 1.74 bits per heavy atom. The van der Waals surface area contributed by atoms with Crippen LogP contribution in [0.2, 0.25) is 5.02 Å². The quantitative estimate of drug-likeness (QED) is 0.435. The first-order valence-corrected chi connectivity index (χ1v) is 12.3. The normalized spacial score (nSPS) is 11.3. The molecule has 0 spiro atoms. The predicted molar refractivity (Wildman–Crippen MR) is 132 cm³/mol. The van der Waals surface area contributed by atoms with E-state index < -0.39 is 22.5 Å². The Kier molecular flexibility index (Phi) is 8.09. The Bertz CT molecular complexity index is 1310. The first kappa shape index (κ1) is 25.4. The van der Waals surface area contributed by atoms with E-state index in [0.717, 1.165) is 4.31 Å². The Hall–Kier alpha value is -3.20. The molecule has 9 heteroatoms. The number of ketones is 1. The molecule has 34 heavy (non-hydrogen) atoms. The molecule has 0 aliphatic carbocycles. The fraction of sp³-hybridized carbons (Fsp3) is 0.200. The van der Waals surface area contributed by atoms with Crippen molar-refractivity contribution in [1.29, 1.82) is 0 Å². The number of likely N-dealkylation sites (N-methyl/N-ethyl adjacent to an activating group) is 1. The summed E-state index contributed by atoms with van der Waals surface area (Å²) in [6, 6.07) is 17.6. The van der Waals surface area contributed by atoms with E-state index in [1.54, 1.807) is 49.4 Å². The van der Waals surface area contributed by atoms with Crippen LogP contribution in [-0.2, 0) is 14.8 Å². The number of carbonyl (C=O) groups excluding carboxylic acids is 2. The van der Waals surface area contributed by atoms with Crippen LogP contribution in [0.25, 0.3) is 0 Å². The molecule has 7 nitrogen and oxygen atoms in total. The van der Waals surface area contributed by atoms with Gasteiger partial charge in [0.25, 0.3) is 0 Å². The molecule has 0 atom stereocenters. The van der Waals surface area contributed by atoms with Gasteiger partial charge in [-0.15, -0.1) is 0 Å². The molecule has 1 amide bonds. The van der Waals surface area contributed by atoms with E-state index in [0.29, 0.717) is 28.5 Å². The maximum atomic E-state index is 13.0. The van der Waals surface area contributed by atoms with E-state index in [4.69, 9.17) is 16.3 Å². The summed E-state index contributed by atoms with van der Waals surface area (Å²) in [4.78, 5) is 25.7. The van der Waals surface area contributed by atoms with Gasteiger partial charge in [-0.2, -0.15) is 4.31 Å². The minimum Gasteiger partial charge on any atom is -0.494 e. The van der Waals surface area contributed by atoms with E-state index in [2.05, 4.69) is 5.32 Å². The molecule has 3 aromatic carbocycles. The van der Waals surface area contributed by atoms with Gasteiger partial charge in [-0.05, 0) is 55.8 Å². The van der Waals surface area contributed by atoms with Crippen molar-refractivity contribution < 1.29 is 22.7 Å². The molecule has 0 aliphatic rings. The minimum absolute atomic E-state index is 0.0511. The predicted octanol–water partition coefficient (Wildman–Crippen LogP) is 4.54. The summed E-state index contributed by atoms with van der Waals surface area (Å²) in [5, 5.41) is 2.97. The summed E-state index contributed by atoms with van der Waals surface area (Å²) in [5.74, 6) is -0.317. The average Bonchev–Trinajstić information content (AvgIpc) is 2.81. The van der Waals surface area contributed by atoms with Crippen molar-refractivity contribution in [1.82, 2.24) is 4.31 Å². The topological polar surface area (TPSA) is 92.8 Å². The third-order valence-corrected chi connectivity index (χ3v) is 7.09. The number of amides is 1. The highest BCUT2D eigenvalue weighted by Crippen LogP contribution is 2.25. The summed E-state index contributed by atoms with van der Waals surface area (Å²) in [6.45, 7) is 3.61. The second-order valence-electron chi connectivity index (χ2n) is 7.55. The van der Waals surface area contributed by atoms with Crippen LogP contribution < -0.4 is 10.1 Å². The molecule has 178 valence electrons. The maximum Gasteiger partial charge on any atom is 0.243 e. The molecule has 0 unspecified atom stereocenters. The van der Waals surface area contributed by atoms with Gasteiger partial charge >= 0.3 is 0 Å². The lowest BCUT2D eigenvalue weighted by atomic mass is 10.0. The molecule has 3 aromatic rings. The first-order valence-electron chi connectivity index (χ1n) is 10.5. The highest BCUT2D eigenvalue weighted by atomic mass is 35.5. The number of hydrogen-bond donors (Lipinski definition) is 1. The molecule has 0 radical (unpaired) electrons. The van der Waals surface area contributed by atoms with Gasteiger partial charge in [-0.25, -0.2) is 8.42 Å². The Morgan fingerprint density at radius 3 is 2.38 bits per heavy atom. The van der Waals surface area contributed by atoms with Crippen LogP contribution in [0, 0.1) is 6.92 Å². The molecular weight excluding hydrogens is 476 g/mol. The van der Waals surface area contributed by atoms with E-state index in [-0.39, 0.29) is 21.9 Å². The lowest BCUT2D eigenvalue weighted by Crippen LogP contribution is -2.35. The highest BCUT2D eigenvalue weighted by Gasteiger charge is 2.24. The molecule has 0 fully saturated rings. The second kappa shape index (κ2) is 10.8. The second-order valence-corrected chi connectivity index (χ2v) is 10.0. The SMILES string of the molecule is CCOc1ccc(S(=O)(=O)N(C)CC(=O)Nc2ccc(Cl)cc2C(=O)c2ccccc2)cc1C. The molecule has 0 heterocycles. The van der Waals surface area contributed by atoms with Gasteiger partial charge in [-0.3, -0.25) is 9.59 Å². The monoisotopic (exact) mass is 500 g/mol. The van der Waals surface area contributed by atoms with E-state index >= 15 is 0 Å². The molecule has 0 aliphatic heterocycles. The summed E-state index contributed by atoms with van der Waals surface area (Å²) in [6.07, 6.45) is 0. The van der Waals surface area contributed by atoms with Crippen molar-refractivity contribution >= 4 is 39.0 Å². The average molecular weight is 501 g/mol. The minimum atomic E-state index is -3.93. The number of sulfonamides is 1. The van der Waals surface area contributed by atoms with Crippen LogP contribution in [0.1, 0.15) is 28.4 Å². The first-order chi connectivity index (χ1) is 16.1. The van der Waals surface area contributed by atoms with Crippen molar-refractivity contribution in [2.45, 2.75) is 18.7 Å². The number of benzene rings is 3. The lowest BCUT2D eigenvalue weighted by molar-refractivity contribution is -0.116. The van der Waals surface area contributed by atoms with Crippen LogP contribution in [0.3, 0.4) is 0 Å². The zero-order valence-electron chi connectivity index (χ0n) is 19.0. The third kappa shape index (κ3) is 5.83. The largest absolute Gasteiger partial charge is 0.494 e. The molecule has 0 aromatic heterocycles. The van der Waals surface area contributed by atoms with Gasteiger partial charge in [0, 0.05) is 23.2 Å². The van der Waals surface area contributed by atoms with Crippen molar-refractivity contribution in [2.75, 3.05) is 25.5 Å². The molecule has 1 N–H and O–H groups in total. The number of anilines is 1. The lowest BCUT2D eigenvalue weighted by Gasteiger charge is -2.18. The number of hydrogen-bond acceptors (Lipinski definition) is 5. The zero-order chi connectivity index (χ0) is 24.9. The number of aryl methyl sites for hydroxylation is 1. The van der Waals surface area contributed by atoms with Crippen LogP contribution >= 0.6 is 11.6 Å². The number of halogens is 1. The molecule has 0 saturated heterocycles. The molecule has 0 saturated carbocycles.